The molecular formula is C17H25N2O3S2+. The van der Waals surface area contributed by atoms with E-state index in [4.69, 9.17) is 4.74 Å². The number of nitrogens with one attached hydrogen (secondary N) is 1. The van der Waals surface area contributed by atoms with Crippen molar-refractivity contribution in [2.45, 2.75) is 39.7 Å². The van der Waals surface area contributed by atoms with E-state index in [1.165, 1.54) is 16.3 Å². The second kappa shape index (κ2) is 9.00. The molecule has 0 atom stereocenters. The van der Waals surface area contributed by atoms with Crippen LogP contribution in [0.3, 0.4) is 0 Å². The van der Waals surface area contributed by atoms with Crippen LogP contribution in [0.5, 0.6) is 0 Å². The summed E-state index contributed by atoms with van der Waals surface area (Å²) in [5.74, 6) is 2.71. The quantitative estimate of drug-likeness (QED) is 0.506. The van der Waals surface area contributed by atoms with Crippen molar-refractivity contribution in [3.05, 3.63) is 21.9 Å². The Morgan fingerprint density at radius 3 is 2.54 bits per heavy atom. The third-order valence-electron chi connectivity index (χ3n) is 2.51. The fraction of sp³-hybridized carbons (Fsp3) is 0.529. The maximum Gasteiger partial charge on any atom is 0.429 e. The Morgan fingerprint density at radius 2 is 2.00 bits per heavy atom. The van der Waals surface area contributed by atoms with Gasteiger partial charge in [-0.25, -0.2) is 9.80 Å². The zero-order valence-electron chi connectivity index (χ0n) is 15.1. The van der Waals surface area contributed by atoms with Gasteiger partial charge in [-0.15, -0.1) is 11.3 Å². The number of ether oxygens (including phenoxy) is 1. The maximum absolute atomic E-state index is 12.4. The minimum Gasteiger partial charge on any atom is -0.442 e. The smallest absolute Gasteiger partial charge is 0.429 e. The van der Waals surface area contributed by atoms with Crippen LogP contribution in [0.25, 0.3) is 0 Å². The lowest BCUT2D eigenvalue weighted by atomic mass is 10.2. The second-order valence-electron chi connectivity index (χ2n) is 6.28. The van der Waals surface area contributed by atoms with Gasteiger partial charge in [0.25, 0.3) is 5.91 Å². The fourth-order valence-electron chi connectivity index (χ4n) is 1.59. The highest BCUT2D eigenvalue weighted by molar-refractivity contribution is 8.00. The molecule has 132 valence electrons. The van der Waals surface area contributed by atoms with E-state index >= 15 is 0 Å². The summed E-state index contributed by atoms with van der Waals surface area (Å²) in [5.41, 5.74) is 2.00. The standard InChI is InChI=1S/C17H24N2O3S2/c1-7-11-19(16(21)22-17(2,3)4)18-15(20)14-9-8-13(23-14)10-12-24(5)6/h8-9H,7,11H2,1-6H3/p+1. The number of thiophene rings is 1. The molecule has 1 heterocycles. The van der Waals surface area contributed by atoms with Crippen molar-refractivity contribution in [3.8, 4) is 11.2 Å². The fourth-order valence-corrected chi connectivity index (χ4v) is 2.72. The first kappa shape index (κ1) is 20.4. The Balaban J connectivity index is 2.79. The minimum atomic E-state index is -0.614. The first-order chi connectivity index (χ1) is 11.1. The highest BCUT2D eigenvalue weighted by atomic mass is 32.2. The largest absolute Gasteiger partial charge is 0.442 e. The predicted molar refractivity (Wildman–Crippen MR) is 101 cm³/mol. The number of amides is 2. The molecular weight excluding hydrogens is 344 g/mol. The van der Waals surface area contributed by atoms with Gasteiger partial charge in [0.2, 0.25) is 0 Å². The van der Waals surface area contributed by atoms with Crippen molar-refractivity contribution in [1.82, 2.24) is 10.4 Å². The highest BCUT2D eigenvalue weighted by Gasteiger charge is 2.23. The molecule has 24 heavy (non-hydrogen) atoms. The van der Waals surface area contributed by atoms with Gasteiger partial charge in [0.15, 0.2) is 5.25 Å². The molecule has 0 unspecified atom stereocenters. The molecule has 2 amide bonds. The summed E-state index contributed by atoms with van der Waals surface area (Å²) in [6.45, 7) is 7.67. The average Bonchev–Trinajstić information content (AvgIpc) is 2.91. The van der Waals surface area contributed by atoms with Gasteiger partial charge in [0.1, 0.15) is 18.1 Å². The van der Waals surface area contributed by atoms with E-state index in [0.29, 0.717) is 17.8 Å². The zero-order valence-corrected chi connectivity index (χ0v) is 16.7. The number of hydrazine groups is 1. The minimum absolute atomic E-state index is 0.0302. The predicted octanol–water partition coefficient (Wildman–Crippen LogP) is 3.23. The van der Waals surface area contributed by atoms with Crippen molar-refractivity contribution in [2.75, 3.05) is 19.1 Å². The van der Waals surface area contributed by atoms with Crippen molar-refractivity contribution < 1.29 is 14.3 Å². The molecule has 0 bridgehead atoms. The van der Waals surface area contributed by atoms with Gasteiger partial charge in [-0.3, -0.25) is 10.2 Å². The van der Waals surface area contributed by atoms with E-state index in [1.807, 2.05) is 25.5 Å². The van der Waals surface area contributed by atoms with Crippen LogP contribution >= 0.6 is 11.3 Å². The topological polar surface area (TPSA) is 58.6 Å². The van der Waals surface area contributed by atoms with Gasteiger partial charge in [-0.05, 0) is 39.3 Å². The Kier molecular flexibility index (Phi) is 7.64. The zero-order chi connectivity index (χ0) is 18.3. The molecule has 1 rings (SSSR count). The van der Waals surface area contributed by atoms with Crippen LogP contribution in [0, 0.1) is 11.2 Å². The van der Waals surface area contributed by atoms with Crippen LogP contribution in [0.15, 0.2) is 12.1 Å². The van der Waals surface area contributed by atoms with Gasteiger partial charge < -0.3 is 4.74 Å². The molecule has 0 aliphatic carbocycles. The number of hydrogen-bond acceptors (Lipinski definition) is 4. The SMILES string of the molecule is CCCN(NC(=O)c1ccc(C#C[S+](C)C)s1)C(=O)OC(C)(C)C. The summed E-state index contributed by atoms with van der Waals surface area (Å²) in [5, 5.41) is 4.31. The molecule has 1 aromatic heterocycles. The van der Waals surface area contributed by atoms with Crippen molar-refractivity contribution >= 4 is 34.2 Å². The van der Waals surface area contributed by atoms with E-state index in [-0.39, 0.29) is 16.8 Å². The van der Waals surface area contributed by atoms with E-state index < -0.39 is 11.7 Å². The van der Waals surface area contributed by atoms with Gasteiger partial charge in [0.05, 0.1) is 20.6 Å². The van der Waals surface area contributed by atoms with Crippen molar-refractivity contribution in [1.29, 1.82) is 0 Å². The first-order valence-corrected chi connectivity index (χ1v) is 10.5. The molecule has 0 aliphatic rings. The van der Waals surface area contributed by atoms with Crippen LogP contribution in [-0.4, -0.2) is 41.7 Å². The lowest BCUT2D eigenvalue weighted by molar-refractivity contribution is 0.0134. The summed E-state index contributed by atoms with van der Waals surface area (Å²) in [4.78, 5) is 25.9. The first-order valence-electron chi connectivity index (χ1n) is 7.63. The molecule has 0 saturated heterocycles. The average molecular weight is 370 g/mol. The van der Waals surface area contributed by atoms with E-state index in [1.54, 1.807) is 26.8 Å². The molecule has 0 fully saturated rings. The Bertz CT molecular complexity index is 636. The van der Waals surface area contributed by atoms with E-state index in [9.17, 15) is 9.59 Å². The van der Waals surface area contributed by atoms with E-state index in [2.05, 4.69) is 16.6 Å². The van der Waals surface area contributed by atoms with Gasteiger partial charge in [-0.2, -0.15) is 0 Å². The Hall–Kier alpha value is -1.65. The molecule has 0 aliphatic heterocycles. The lowest BCUT2D eigenvalue weighted by Crippen LogP contribution is -2.48. The number of rotatable bonds is 3. The van der Waals surface area contributed by atoms with Crippen LogP contribution in [0.2, 0.25) is 0 Å². The summed E-state index contributed by atoms with van der Waals surface area (Å²) < 4.78 is 5.31. The summed E-state index contributed by atoms with van der Waals surface area (Å²) in [7, 11) is 0.0302. The molecule has 0 radical (unpaired) electrons. The third kappa shape index (κ3) is 7.28. The van der Waals surface area contributed by atoms with Crippen molar-refractivity contribution in [2.24, 2.45) is 0 Å². The number of carbonyl (C=O) groups is 2. The van der Waals surface area contributed by atoms with Crippen LogP contribution in [-0.2, 0) is 15.6 Å². The van der Waals surface area contributed by atoms with Gasteiger partial charge >= 0.3 is 6.09 Å². The van der Waals surface area contributed by atoms with Gasteiger partial charge in [-0.1, -0.05) is 6.92 Å². The Morgan fingerprint density at radius 1 is 1.33 bits per heavy atom. The molecule has 7 heteroatoms. The normalized spacial score (nSPS) is 10.8. The number of carbonyl (C=O) groups excluding carboxylic acids is 2. The summed E-state index contributed by atoms with van der Waals surface area (Å²) in [6, 6.07) is 3.53. The Labute approximate surface area is 151 Å². The number of hydrogen-bond donors (Lipinski definition) is 1. The maximum atomic E-state index is 12.4. The van der Waals surface area contributed by atoms with E-state index in [0.717, 1.165) is 4.88 Å². The third-order valence-corrected chi connectivity index (χ3v) is 4.02. The summed E-state index contributed by atoms with van der Waals surface area (Å²) in [6.07, 6.45) is 4.22. The van der Waals surface area contributed by atoms with Gasteiger partial charge in [0, 0.05) is 12.5 Å². The second-order valence-corrected chi connectivity index (χ2v) is 9.20. The molecule has 0 spiro atoms. The van der Waals surface area contributed by atoms with Crippen molar-refractivity contribution in [3.63, 3.8) is 0 Å². The highest BCUT2D eigenvalue weighted by Crippen LogP contribution is 2.16. The molecule has 0 saturated carbocycles. The van der Waals surface area contributed by atoms with Crippen LogP contribution in [0.4, 0.5) is 4.79 Å². The summed E-state index contributed by atoms with van der Waals surface area (Å²) >= 11 is 1.31. The number of nitrogens with zero attached hydrogens (tertiary/aromatic N) is 1. The monoisotopic (exact) mass is 369 g/mol. The lowest BCUT2D eigenvalue weighted by Gasteiger charge is -2.27. The van der Waals surface area contributed by atoms with Crippen LogP contribution in [0.1, 0.15) is 48.7 Å². The molecule has 5 nitrogen and oxygen atoms in total. The molecule has 1 N–H and O–H groups in total. The molecule has 1 aromatic rings. The molecule has 0 aromatic carbocycles. The van der Waals surface area contributed by atoms with Crippen LogP contribution < -0.4 is 5.43 Å².